The lowest BCUT2D eigenvalue weighted by Gasteiger charge is -1.95. The molecule has 64 valence electrons. The number of allylic oxidation sites excluding steroid dienone is 4. The molecule has 0 radical (unpaired) electrons. The van der Waals surface area contributed by atoms with Crippen molar-refractivity contribution in [3.05, 3.63) is 21.2 Å². The van der Waals surface area contributed by atoms with Gasteiger partial charge in [0.25, 0.3) is 0 Å². The Morgan fingerprint density at radius 2 is 1.73 bits per heavy atom. The van der Waals surface area contributed by atoms with E-state index < -0.39 is 0 Å². The molecule has 0 aliphatic carbocycles. The van der Waals surface area contributed by atoms with Crippen molar-refractivity contribution in [3.63, 3.8) is 0 Å². The summed E-state index contributed by atoms with van der Waals surface area (Å²) < 4.78 is 0. The highest BCUT2D eigenvalue weighted by molar-refractivity contribution is 6.38. The van der Waals surface area contributed by atoms with E-state index in [4.69, 9.17) is 34.8 Å². The molecule has 0 fully saturated rings. The van der Waals surface area contributed by atoms with Crippen LogP contribution in [0.5, 0.6) is 0 Å². The molecular weight excluding hydrogens is 202 g/mol. The smallest absolute Gasteiger partial charge is 0.0326 e. The van der Waals surface area contributed by atoms with E-state index in [0.29, 0.717) is 10.1 Å². The molecule has 0 aromatic carbocycles. The van der Waals surface area contributed by atoms with Crippen LogP contribution in [0.1, 0.15) is 26.7 Å². The summed E-state index contributed by atoms with van der Waals surface area (Å²) in [6, 6.07) is 0. The molecule has 0 aromatic heterocycles. The Labute approximate surface area is 82.8 Å². The van der Waals surface area contributed by atoms with E-state index in [-0.39, 0.29) is 0 Å². The average molecular weight is 214 g/mol. The van der Waals surface area contributed by atoms with E-state index in [1.54, 1.807) is 6.92 Å². The molecule has 0 N–H and O–H groups in total. The summed E-state index contributed by atoms with van der Waals surface area (Å²) >= 11 is 17.0. The number of hydrogen-bond donors (Lipinski definition) is 0. The van der Waals surface area contributed by atoms with Crippen molar-refractivity contribution in [2.45, 2.75) is 26.7 Å². The Morgan fingerprint density at radius 3 is 2.09 bits per heavy atom. The maximum Gasteiger partial charge on any atom is 0.0326 e. The second-order valence-electron chi connectivity index (χ2n) is 2.27. The van der Waals surface area contributed by atoms with Crippen LogP contribution in [0.3, 0.4) is 0 Å². The van der Waals surface area contributed by atoms with Gasteiger partial charge in [0.05, 0.1) is 0 Å². The summed E-state index contributed by atoms with van der Waals surface area (Å²) in [5.41, 5.74) is 0. The second kappa shape index (κ2) is 5.93. The van der Waals surface area contributed by atoms with Gasteiger partial charge < -0.3 is 0 Å². The molecule has 0 saturated carbocycles. The molecule has 0 amide bonds. The van der Waals surface area contributed by atoms with Crippen LogP contribution in [0.2, 0.25) is 0 Å². The number of hydrogen-bond acceptors (Lipinski definition) is 0. The predicted octanol–water partition coefficient (Wildman–Crippen LogP) is 4.62. The van der Waals surface area contributed by atoms with Crippen LogP contribution >= 0.6 is 34.8 Å². The molecular formula is C8H11Cl3. The Hall–Kier alpha value is 0.350. The molecule has 11 heavy (non-hydrogen) atoms. The van der Waals surface area contributed by atoms with Crippen molar-refractivity contribution in [1.82, 2.24) is 0 Å². The highest BCUT2D eigenvalue weighted by Crippen LogP contribution is 2.19. The van der Waals surface area contributed by atoms with Crippen LogP contribution < -0.4 is 0 Å². The first kappa shape index (κ1) is 11.4. The minimum atomic E-state index is 0.660. The van der Waals surface area contributed by atoms with Crippen molar-refractivity contribution >= 4 is 34.8 Å². The monoisotopic (exact) mass is 212 g/mol. The van der Waals surface area contributed by atoms with E-state index >= 15 is 0 Å². The summed E-state index contributed by atoms with van der Waals surface area (Å²) in [4.78, 5) is 0. The molecule has 0 saturated heterocycles. The quantitative estimate of drug-likeness (QED) is 0.642. The Balaban J connectivity index is 3.73. The normalized spacial score (nSPS) is 14.8. The lowest BCUT2D eigenvalue weighted by Crippen LogP contribution is -1.74. The number of rotatable bonds is 3. The van der Waals surface area contributed by atoms with Gasteiger partial charge in [-0.1, -0.05) is 40.9 Å². The number of halogens is 3. The minimum absolute atomic E-state index is 0.660. The first-order valence-corrected chi connectivity index (χ1v) is 4.50. The molecule has 0 aromatic rings. The van der Waals surface area contributed by atoms with Gasteiger partial charge in [0, 0.05) is 15.1 Å². The van der Waals surface area contributed by atoms with E-state index in [2.05, 4.69) is 0 Å². The van der Waals surface area contributed by atoms with Gasteiger partial charge >= 0.3 is 0 Å². The van der Waals surface area contributed by atoms with Gasteiger partial charge in [-0.2, -0.15) is 0 Å². The average Bonchev–Trinajstić information content (AvgIpc) is 1.86. The van der Waals surface area contributed by atoms with Crippen molar-refractivity contribution < 1.29 is 0 Å². The summed E-state index contributed by atoms with van der Waals surface area (Å²) in [5, 5.41) is 2.16. The van der Waals surface area contributed by atoms with Crippen LogP contribution in [0.15, 0.2) is 21.2 Å². The summed E-state index contributed by atoms with van der Waals surface area (Å²) in [6.07, 6.45) is 3.53. The summed E-state index contributed by atoms with van der Waals surface area (Å²) in [6.45, 7) is 3.62. The molecule has 0 bridgehead atoms. The van der Waals surface area contributed by atoms with Gasteiger partial charge in [-0.15, -0.1) is 0 Å². The predicted molar refractivity (Wildman–Crippen MR) is 53.3 cm³/mol. The fraction of sp³-hybridized carbons (Fsp3) is 0.500. The first-order valence-electron chi connectivity index (χ1n) is 3.37. The lowest BCUT2D eigenvalue weighted by atomic mass is 10.2. The third kappa shape index (κ3) is 6.74. The molecule has 0 nitrogen and oxygen atoms in total. The fourth-order valence-corrected chi connectivity index (χ4v) is 0.883. The van der Waals surface area contributed by atoms with Crippen LogP contribution in [-0.2, 0) is 0 Å². The van der Waals surface area contributed by atoms with Crippen LogP contribution in [0.25, 0.3) is 0 Å². The molecule has 0 heterocycles. The molecule has 0 spiro atoms. The van der Waals surface area contributed by atoms with Crippen LogP contribution in [0, 0.1) is 0 Å². The van der Waals surface area contributed by atoms with Gasteiger partial charge in [0.1, 0.15) is 0 Å². The zero-order chi connectivity index (χ0) is 8.85. The second-order valence-corrected chi connectivity index (χ2v) is 3.89. The largest absolute Gasteiger partial charge is 0.0898 e. The van der Waals surface area contributed by atoms with Crippen LogP contribution in [-0.4, -0.2) is 0 Å². The minimum Gasteiger partial charge on any atom is -0.0898 e. The van der Waals surface area contributed by atoms with Gasteiger partial charge in [0.2, 0.25) is 0 Å². The molecule has 0 atom stereocenters. The van der Waals surface area contributed by atoms with Crippen molar-refractivity contribution in [2.75, 3.05) is 0 Å². The first-order chi connectivity index (χ1) is 5.04. The Bertz CT molecular complexity index is 172. The maximum absolute atomic E-state index is 5.77. The van der Waals surface area contributed by atoms with Crippen molar-refractivity contribution in [3.8, 4) is 0 Å². The van der Waals surface area contributed by atoms with Crippen molar-refractivity contribution in [2.24, 2.45) is 0 Å². The SMILES string of the molecule is C/C(Cl)=C/CC/C(Cl)=C(/C)Cl. The maximum atomic E-state index is 5.77. The van der Waals surface area contributed by atoms with Gasteiger partial charge in [0.15, 0.2) is 0 Å². The molecule has 0 aliphatic heterocycles. The summed E-state index contributed by atoms with van der Waals surface area (Å²) in [5.74, 6) is 0. The van der Waals surface area contributed by atoms with E-state index in [0.717, 1.165) is 17.9 Å². The molecule has 0 aliphatic rings. The van der Waals surface area contributed by atoms with Gasteiger partial charge in [-0.3, -0.25) is 0 Å². The van der Waals surface area contributed by atoms with Crippen molar-refractivity contribution in [1.29, 1.82) is 0 Å². The Kier molecular flexibility index (Phi) is 6.12. The topological polar surface area (TPSA) is 0 Å². The fourth-order valence-electron chi connectivity index (χ4n) is 0.570. The van der Waals surface area contributed by atoms with E-state index in [1.807, 2.05) is 13.0 Å². The Morgan fingerprint density at radius 1 is 1.18 bits per heavy atom. The highest BCUT2D eigenvalue weighted by Gasteiger charge is 1.94. The zero-order valence-corrected chi connectivity index (χ0v) is 8.89. The standard InChI is InChI=1S/C8H11Cl3/c1-6(9)4-3-5-8(11)7(2)10/h4H,3,5H2,1-2H3/b6-4-,8-7+. The zero-order valence-electron chi connectivity index (χ0n) is 6.63. The van der Waals surface area contributed by atoms with E-state index in [1.165, 1.54) is 0 Å². The van der Waals surface area contributed by atoms with Gasteiger partial charge in [-0.05, 0) is 26.7 Å². The third-order valence-electron chi connectivity index (χ3n) is 1.16. The lowest BCUT2D eigenvalue weighted by molar-refractivity contribution is 1.02. The summed E-state index contributed by atoms with van der Waals surface area (Å²) in [7, 11) is 0. The third-order valence-corrected chi connectivity index (χ3v) is 2.11. The molecule has 0 rings (SSSR count). The highest BCUT2D eigenvalue weighted by atomic mass is 35.5. The van der Waals surface area contributed by atoms with Crippen LogP contribution in [0.4, 0.5) is 0 Å². The van der Waals surface area contributed by atoms with E-state index in [9.17, 15) is 0 Å². The molecule has 0 unspecified atom stereocenters. The molecule has 3 heteroatoms. The van der Waals surface area contributed by atoms with Gasteiger partial charge in [-0.25, -0.2) is 0 Å².